The summed E-state index contributed by atoms with van der Waals surface area (Å²) < 4.78 is 38.4. The van der Waals surface area contributed by atoms with Crippen molar-refractivity contribution in [3.63, 3.8) is 0 Å². The summed E-state index contributed by atoms with van der Waals surface area (Å²) in [5.74, 6) is -0.386. The first-order chi connectivity index (χ1) is 13.3. The molecule has 0 unspecified atom stereocenters. The fourth-order valence-electron chi connectivity index (χ4n) is 2.41. The number of hydrogen-bond donors (Lipinski definition) is 2. The van der Waals surface area contributed by atoms with E-state index < -0.39 is 17.6 Å². The average molecular weight is 387 g/mol. The molecule has 0 bridgehead atoms. The summed E-state index contributed by atoms with van der Waals surface area (Å²) in [6, 6.07) is 9.52. The van der Waals surface area contributed by atoms with Crippen molar-refractivity contribution in [2.45, 2.75) is 19.6 Å². The second-order valence-electron chi connectivity index (χ2n) is 5.96. The van der Waals surface area contributed by atoms with Crippen LogP contribution in [0, 0.1) is 6.92 Å². The molecule has 3 rings (SSSR count). The highest BCUT2D eigenvalue weighted by molar-refractivity contribution is 6.03. The maximum atomic E-state index is 12.8. The molecule has 0 radical (unpaired) electrons. The molecule has 0 spiro atoms. The number of benzene rings is 1. The number of carbonyl (C=O) groups excluding carboxylic acids is 1. The van der Waals surface area contributed by atoms with Crippen LogP contribution in [-0.2, 0) is 12.7 Å². The van der Waals surface area contributed by atoms with Gasteiger partial charge in [0.05, 0.1) is 5.56 Å². The van der Waals surface area contributed by atoms with Gasteiger partial charge >= 0.3 is 6.18 Å². The van der Waals surface area contributed by atoms with Crippen molar-refractivity contribution < 1.29 is 18.0 Å². The van der Waals surface area contributed by atoms with E-state index in [2.05, 4.69) is 25.6 Å². The lowest BCUT2D eigenvalue weighted by molar-refractivity contribution is -0.137. The first-order valence-electron chi connectivity index (χ1n) is 8.28. The van der Waals surface area contributed by atoms with Crippen LogP contribution in [-0.4, -0.2) is 20.9 Å². The number of anilines is 2. The SMILES string of the molecule is Cc1cc(C(=O)Nc2cccc(C(F)(F)F)c2)nc(NCc2ccncc2)n1. The quantitative estimate of drug-likeness (QED) is 0.690. The fraction of sp³-hybridized carbons (Fsp3) is 0.158. The summed E-state index contributed by atoms with van der Waals surface area (Å²) >= 11 is 0. The molecule has 2 aromatic heterocycles. The molecule has 2 heterocycles. The third-order valence-electron chi connectivity index (χ3n) is 3.73. The van der Waals surface area contributed by atoms with Gasteiger partial charge in [-0.15, -0.1) is 0 Å². The highest BCUT2D eigenvalue weighted by atomic mass is 19.4. The number of rotatable bonds is 5. The van der Waals surface area contributed by atoms with Crippen molar-refractivity contribution in [3.8, 4) is 0 Å². The molecule has 28 heavy (non-hydrogen) atoms. The maximum absolute atomic E-state index is 12.8. The van der Waals surface area contributed by atoms with Crippen LogP contribution in [0.5, 0.6) is 0 Å². The van der Waals surface area contributed by atoms with Crippen molar-refractivity contribution in [2.24, 2.45) is 0 Å². The van der Waals surface area contributed by atoms with Crippen molar-refractivity contribution in [1.82, 2.24) is 15.0 Å². The van der Waals surface area contributed by atoms with Crippen LogP contribution in [0.15, 0.2) is 54.9 Å². The zero-order chi connectivity index (χ0) is 20.1. The molecule has 0 saturated carbocycles. The Bertz CT molecular complexity index is 977. The van der Waals surface area contributed by atoms with Gasteiger partial charge in [0.1, 0.15) is 5.69 Å². The number of halogens is 3. The van der Waals surface area contributed by atoms with E-state index in [-0.39, 0.29) is 17.3 Å². The summed E-state index contributed by atoms with van der Waals surface area (Å²) in [5, 5.41) is 5.44. The Morgan fingerprint density at radius 3 is 2.54 bits per heavy atom. The number of aryl methyl sites for hydroxylation is 1. The van der Waals surface area contributed by atoms with Crippen molar-refractivity contribution in [3.05, 3.63) is 77.4 Å². The highest BCUT2D eigenvalue weighted by Crippen LogP contribution is 2.30. The molecule has 9 heteroatoms. The highest BCUT2D eigenvalue weighted by Gasteiger charge is 2.30. The van der Waals surface area contributed by atoms with Crippen LogP contribution >= 0.6 is 0 Å². The fourth-order valence-corrected chi connectivity index (χ4v) is 2.41. The molecule has 0 aliphatic heterocycles. The zero-order valence-corrected chi connectivity index (χ0v) is 14.8. The predicted molar refractivity (Wildman–Crippen MR) is 97.7 cm³/mol. The normalized spacial score (nSPS) is 11.1. The molecule has 0 atom stereocenters. The third kappa shape index (κ3) is 5.03. The van der Waals surface area contributed by atoms with E-state index in [9.17, 15) is 18.0 Å². The molecule has 0 aliphatic rings. The van der Waals surface area contributed by atoms with Gasteiger partial charge in [-0.25, -0.2) is 9.97 Å². The second kappa shape index (κ2) is 8.03. The maximum Gasteiger partial charge on any atom is 0.416 e. The summed E-state index contributed by atoms with van der Waals surface area (Å²) in [6.07, 6.45) is -1.18. The van der Waals surface area contributed by atoms with Crippen LogP contribution in [0.4, 0.5) is 24.8 Å². The molecule has 144 valence electrons. The molecule has 0 fully saturated rings. The van der Waals surface area contributed by atoms with Crippen LogP contribution in [0.1, 0.15) is 27.3 Å². The van der Waals surface area contributed by atoms with Gasteiger partial charge < -0.3 is 10.6 Å². The van der Waals surface area contributed by atoms with E-state index in [1.807, 2.05) is 12.1 Å². The number of hydrogen-bond acceptors (Lipinski definition) is 5. The van der Waals surface area contributed by atoms with Gasteiger partial charge in [0.2, 0.25) is 5.95 Å². The van der Waals surface area contributed by atoms with Gasteiger partial charge in [-0.05, 0) is 48.9 Å². The monoisotopic (exact) mass is 387 g/mol. The van der Waals surface area contributed by atoms with Gasteiger partial charge in [-0.1, -0.05) is 6.07 Å². The summed E-state index contributed by atoms with van der Waals surface area (Å²) in [7, 11) is 0. The van der Waals surface area contributed by atoms with Gasteiger partial charge in [-0.2, -0.15) is 13.2 Å². The van der Waals surface area contributed by atoms with Crippen LogP contribution in [0.3, 0.4) is 0 Å². The first kappa shape index (κ1) is 19.3. The van der Waals surface area contributed by atoms with Gasteiger partial charge in [0, 0.05) is 30.3 Å². The third-order valence-corrected chi connectivity index (χ3v) is 3.73. The second-order valence-corrected chi connectivity index (χ2v) is 5.96. The number of amides is 1. The first-order valence-corrected chi connectivity index (χ1v) is 8.28. The van der Waals surface area contributed by atoms with E-state index in [1.54, 1.807) is 19.3 Å². The van der Waals surface area contributed by atoms with E-state index in [4.69, 9.17) is 0 Å². The smallest absolute Gasteiger partial charge is 0.350 e. The van der Waals surface area contributed by atoms with E-state index in [0.717, 1.165) is 17.7 Å². The zero-order valence-electron chi connectivity index (χ0n) is 14.8. The Morgan fingerprint density at radius 1 is 1.07 bits per heavy atom. The number of aromatic nitrogens is 3. The number of nitrogens with zero attached hydrogens (tertiary/aromatic N) is 3. The van der Waals surface area contributed by atoms with Gasteiger partial charge in [0.25, 0.3) is 5.91 Å². The molecular formula is C19H16F3N5O. The standard InChI is InChI=1S/C19H16F3N5O/c1-12-9-16(27-18(25-12)24-11-13-5-7-23-8-6-13)17(28)26-15-4-2-3-14(10-15)19(20,21)22/h2-10H,11H2,1H3,(H,26,28)(H,24,25,27). The van der Waals surface area contributed by atoms with E-state index in [1.165, 1.54) is 18.2 Å². The van der Waals surface area contributed by atoms with E-state index in [0.29, 0.717) is 12.2 Å². The topological polar surface area (TPSA) is 79.8 Å². The van der Waals surface area contributed by atoms with Crippen LogP contribution in [0.25, 0.3) is 0 Å². The Hall–Kier alpha value is -3.49. The minimum Gasteiger partial charge on any atom is -0.350 e. The number of pyridine rings is 1. The minimum atomic E-state index is -4.49. The number of carbonyl (C=O) groups is 1. The predicted octanol–water partition coefficient (Wildman–Crippen LogP) is 4.06. The summed E-state index contributed by atoms with van der Waals surface area (Å²) in [4.78, 5) is 24.7. The van der Waals surface area contributed by atoms with Crippen molar-refractivity contribution in [1.29, 1.82) is 0 Å². The van der Waals surface area contributed by atoms with Gasteiger partial charge in [-0.3, -0.25) is 9.78 Å². The molecule has 0 saturated heterocycles. The van der Waals surface area contributed by atoms with Crippen LogP contribution < -0.4 is 10.6 Å². The van der Waals surface area contributed by atoms with Crippen molar-refractivity contribution >= 4 is 17.5 Å². The summed E-state index contributed by atoms with van der Waals surface area (Å²) in [6.45, 7) is 2.13. The van der Waals surface area contributed by atoms with E-state index >= 15 is 0 Å². The molecule has 1 aromatic carbocycles. The van der Waals surface area contributed by atoms with Gasteiger partial charge in [0.15, 0.2) is 0 Å². The lowest BCUT2D eigenvalue weighted by Gasteiger charge is -2.11. The number of nitrogens with one attached hydrogen (secondary N) is 2. The molecule has 6 nitrogen and oxygen atoms in total. The van der Waals surface area contributed by atoms with Crippen LogP contribution in [0.2, 0.25) is 0 Å². The Morgan fingerprint density at radius 2 is 1.82 bits per heavy atom. The Kier molecular flexibility index (Phi) is 5.53. The molecule has 0 aliphatic carbocycles. The molecular weight excluding hydrogens is 371 g/mol. The number of alkyl halides is 3. The molecule has 1 amide bonds. The lowest BCUT2D eigenvalue weighted by atomic mass is 10.2. The molecule has 3 aromatic rings. The molecule has 2 N–H and O–H groups in total. The summed E-state index contributed by atoms with van der Waals surface area (Å²) in [5.41, 5.74) is 0.727. The Balaban J connectivity index is 1.74. The van der Waals surface area contributed by atoms with Crippen molar-refractivity contribution in [2.75, 3.05) is 10.6 Å². The largest absolute Gasteiger partial charge is 0.416 e. The average Bonchev–Trinajstić information content (AvgIpc) is 2.66. The Labute approximate surface area is 158 Å². The minimum absolute atomic E-state index is 0.0300. The lowest BCUT2D eigenvalue weighted by Crippen LogP contribution is -2.16.